The number of ether oxygens (including phenoxy) is 1. The van der Waals surface area contributed by atoms with Crippen molar-refractivity contribution in [2.75, 3.05) is 0 Å². The number of nitrogens with zero attached hydrogens (tertiary/aromatic N) is 1. The summed E-state index contributed by atoms with van der Waals surface area (Å²) in [7, 11) is 0. The SMILES string of the molecule is CC(=O)c1ccc(Oc2cc(F)ccc2[N+](=O)[O-])c(Br)c1. The molecule has 0 radical (unpaired) electrons. The monoisotopic (exact) mass is 353 g/mol. The summed E-state index contributed by atoms with van der Waals surface area (Å²) in [5, 5.41) is 10.9. The van der Waals surface area contributed by atoms with E-state index >= 15 is 0 Å². The lowest BCUT2D eigenvalue weighted by atomic mass is 10.1. The van der Waals surface area contributed by atoms with E-state index < -0.39 is 10.7 Å². The Morgan fingerprint density at radius 3 is 2.52 bits per heavy atom. The molecule has 0 aliphatic heterocycles. The lowest BCUT2D eigenvalue weighted by Crippen LogP contribution is -1.96. The molecule has 0 fully saturated rings. The number of hydrogen-bond donors (Lipinski definition) is 0. The topological polar surface area (TPSA) is 69.4 Å². The molecular weight excluding hydrogens is 345 g/mol. The van der Waals surface area contributed by atoms with E-state index in [1.165, 1.54) is 25.1 Å². The fourth-order valence-electron chi connectivity index (χ4n) is 1.64. The van der Waals surface area contributed by atoms with Gasteiger partial charge in [0.1, 0.15) is 11.6 Å². The summed E-state index contributed by atoms with van der Waals surface area (Å²) in [6, 6.07) is 7.48. The van der Waals surface area contributed by atoms with Crippen LogP contribution in [0.4, 0.5) is 10.1 Å². The summed E-state index contributed by atoms with van der Waals surface area (Å²) in [5.41, 5.74) is 0.113. The third-order valence-corrected chi connectivity index (χ3v) is 3.30. The molecule has 0 saturated heterocycles. The van der Waals surface area contributed by atoms with Crippen molar-refractivity contribution in [2.45, 2.75) is 6.92 Å². The van der Waals surface area contributed by atoms with Crippen molar-refractivity contribution in [3.05, 3.63) is 62.4 Å². The smallest absolute Gasteiger partial charge is 0.311 e. The lowest BCUT2D eigenvalue weighted by molar-refractivity contribution is -0.385. The normalized spacial score (nSPS) is 10.2. The minimum atomic E-state index is -0.660. The number of benzene rings is 2. The number of hydrogen-bond acceptors (Lipinski definition) is 4. The van der Waals surface area contributed by atoms with E-state index in [1.807, 2.05) is 0 Å². The third-order valence-electron chi connectivity index (χ3n) is 2.68. The zero-order chi connectivity index (χ0) is 15.6. The molecule has 0 aliphatic rings. The van der Waals surface area contributed by atoms with Gasteiger partial charge in [-0.05, 0) is 47.1 Å². The van der Waals surface area contributed by atoms with Gasteiger partial charge in [0.2, 0.25) is 5.75 Å². The Labute approximate surface area is 127 Å². The van der Waals surface area contributed by atoms with Gasteiger partial charge in [0.05, 0.1) is 9.40 Å². The van der Waals surface area contributed by atoms with Crippen molar-refractivity contribution in [1.29, 1.82) is 0 Å². The predicted molar refractivity (Wildman–Crippen MR) is 77.3 cm³/mol. The minimum absolute atomic E-state index is 0.126. The highest BCUT2D eigenvalue weighted by atomic mass is 79.9. The first kappa shape index (κ1) is 15.1. The average Bonchev–Trinajstić information content (AvgIpc) is 2.40. The van der Waals surface area contributed by atoms with Crippen LogP contribution in [0.3, 0.4) is 0 Å². The van der Waals surface area contributed by atoms with Gasteiger partial charge in [-0.1, -0.05) is 0 Å². The van der Waals surface area contributed by atoms with Crippen LogP contribution in [0.5, 0.6) is 11.5 Å². The van der Waals surface area contributed by atoms with E-state index in [1.54, 1.807) is 0 Å². The van der Waals surface area contributed by atoms with Crippen LogP contribution in [0, 0.1) is 15.9 Å². The first-order valence-corrected chi connectivity index (χ1v) is 6.60. The maximum atomic E-state index is 13.2. The first-order chi connectivity index (χ1) is 9.88. The van der Waals surface area contributed by atoms with Gasteiger partial charge >= 0.3 is 5.69 Å². The van der Waals surface area contributed by atoms with Crippen LogP contribution in [0.15, 0.2) is 40.9 Å². The van der Waals surface area contributed by atoms with E-state index in [0.717, 1.165) is 18.2 Å². The summed E-state index contributed by atoms with van der Waals surface area (Å²) < 4.78 is 19.0. The van der Waals surface area contributed by atoms with Crippen molar-refractivity contribution >= 4 is 27.4 Å². The molecule has 21 heavy (non-hydrogen) atoms. The lowest BCUT2D eigenvalue weighted by Gasteiger charge is -2.09. The van der Waals surface area contributed by atoms with E-state index in [4.69, 9.17) is 4.74 Å². The number of nitro benzene ring substituents is 1. The number of halogens is 2. The molecule has 108 valence electrons. The Hall–Kier alpha value is -2.28. The molecule has 2 aromatic rings. The van der Waals surface area contributed by atoms with Gasteiger partial charge in [-0.15, -0.1) is 0 Å². The third kappa shape index (κ3) is 3.43. The Balaban J connectivity index is 2.40. The van der Waals surface area contributed by atoms with Crippen LogP contribution >= 0.6 is 15.9 Å². The Morgan fingerprint density at radius 1 is 1.24 bits per heavy atom. The first-order valence-electron chi connectivity index (χ1n) is 5.81. The molecule has 0 atom stereocenters. The van der Waals surface area contributed by atoms with Gasteiger partial charge in [-0.3, -0.25) is 14.9 Å². The Kier molecular flexibility index (Phi) is 4.32. The van der Waals surface area contributed by atoms with Gasteiger partial charge in [-0.2, -0.15) is 0 Å². The largest absolute Gasteiger partial charge is 0.449 e. The molecule has 0 saturated carbocycles. The highest BCUT2D eigenvalue weighted by Crippen LogP contribution is 2.35. The highest BCUT2D eigenvalue weighted by Gasteiger charge is 2.18. The molecule has 2 rings (SSSR count). The molecule has 0 spiro atoms. The number of rotatable bonds is 4. The van der Waals surface area contributed by atoms with Gasteiger partial charge < -0.3 is 4.74 Å². The summed E-state index contributed by atoms with van der Waals surface area (Å²) in [6.45, 7) is 1.42. The van der Waals surface area contributed by atoms with Crippen molar-refractivity contribution in [2.24, 2.45) is 0 Å². The number of carbonyl (C=O) groups is 1. The molecule has 7 heteroatoms. The van der Waals surface area contributed by atoms with Crippen LogP contribution in [-0.4, -0.2) is 10.7 Å². The Morgan fingerprint density at radius 2 is 1.95 bits per heavy atom. The van der Waals surface area contributed by atoms with Crippen LogP contribution < -0.4 is 4.74 Å². The van der Waals surface area contributed by atoms with Gasteiger partial charge in [-0.25, -0.2) is 4.39 Å². The van der Waals surface area contributed by atoms with Crippen LogP contribution in [0.1, 0.15) is 17.3 Å². The maximum absolute atomic E-state index is 13.2. The Bertz CT molecular complexity index is 733. The summed E-state index contributed by atoms with van der Waals surface area (Å²) in [5.74, 6) is -0.740. The van der Waals surface area contributed by atoms with Crippen molar-refractivity contribution in [1.82, 2.24) is 0 Å². The van der Waals surface area contributed by atoms with E-state index in [0.29, 0.717) is 10.0 Å². The molecule has 0 N–H and O–H groups in total. The number of Topliss-reactive ketones (excluding diaryl/α,β-unsaturated/α-hetero) is 1. The van der Waals surface area contributed by atoms with Gasteiger partial charge in [0.25, 0.3) is 0 Å². The fraction of sp³-hybridized carbons (Fsp3) is 0.0714. The summed E-state index contributed by atoms with van der Waals surface area (Å²) in [4.78, 5) is 21.5. The molecule has 2 aromatic carbocycles. The van der Waals surface area contributed by atoms with Crippen molar-refractivity contribution < 1.29 is 18.8 Å². The zero-order valence-electron chi connectivity index (χ0n) is 10.8. The molecular formula is C14H9BrFNO4. The van der Waals surface area contributed by atoms with Crippen molar-refractivity contribution in [3.63, 3.8) is 0 Å². The predicted octanol–water partition coefficient (Wildman–Crippen LogP) is 4.49. The second-order valence-electron chi connectivity index (χ2n) is 4.17. The molecule has 5 nitrogen and oxygen atoms in total. The molecule has 0 bridgehead atoms. The zero-order valence-corrected chi connectivity index (χ0v) is 12.4. The van der Waals surface area contributed by atoms with Gasteiger partial charge in [0, 0.05) is 17.7 Å². The van der Waals surface area contributed by atoms with E-state index in [9.17, 15) is 19.3 Å². The molecule has 0 unspecified atom stereocenters. The average molecular weight is 354 g/mol. The highest BCUT2D eigenvalue weighted by molar-refractivity contribution is 9.10. The van der Waals surface area contributed by atoms with Crippen molar-refractivity contribution in [3.8, 4) is 11.5 Å². The number of nitro groups is 1. The van der Waals surface area contributed by atoms with Gasteiger partial charge in [0.15, 0.2) is 5.78 Å². The second-order valence-corrected chi connectivity index (χ2v) is 5.03. The fourth-order valence-corrected chi connectivity index (χ4v) is 2.10. The number of ketones is 1. The summed E-state index contributed by atoms with van der Waals surface area (Å²) in [6.07, 6.45) is 0. The van der Waals surface area contributed by atoms with Crippen LogP contribution in [0.2, 0.25) is 0 Å². The second kappa shape index (κ2) is 6.01. The quantitative estimate of drug-likeness (QED) is 0.461. The standard InChI is InChI=1S/C14H9BrFNO4/c1-8(18)9-2-5-13(11(15)6-9)21-14-7-10(16)3-4-12(14)17(19)20/h2-7H,1H3. The van der Waals surface area contributed by atoms with E-state index in [2.05, 4.69) is 15.9 Å². The van der Waals surface area contributed by atoms with Crippen LogP contribution in [-0.2, 0) is 0 Å². The van der Waals surface area contributed by atoms with E-state index in [-0.39, 0.29) is 23.0 Å². The summed E-state index contributed by atoms with van der Waals surface area (Å²) >= 11 is 3.21. The molecule has 0 aromatic heterocycles. The minimum Gasteiger partial charge on any atom is -0.449 e. The molecule has 0 aliphatic carbocycles. The molecule has 0 heterocycles. The molecule has 0 amide bonds. The maximum Gasteiger partial charge on any atom is 0.311 e. The van der Waals surface area contributed by atoms with Crippen LogP contribution in [0.25, 0.3) is 0 Å². The number of carbonyl (C=O) groups excluding carboxylic acids is 1.